The number of carbonyl (C=O) groups excluding carboxylic acids is 1. The molecule has 0 saturated carbocycles. The number of amides is 1. The van der Waals surface area contributed by atoms with Crippen LogP contribution in [0, 0.1) is 12.7 Å². The second kappa shape index (κ2) is 6.20. The monoisotopic (exact) mass is 353 g/mol. The van der Waals surface area contributed by atoms with Crippen molar-refractivity contribution in [2.75, 3.05) is 31.6 Å². The largest absolute Gasteiger partial charge is 0.326 e. The van der Waals surface area contributed by atoms with E-state index in [0.717, 1.165) is 36.2 Å². The van der Waals surface area contributed by atoms with Gasteiger partial charge in [0, 0.05) is 17.7 Å². The van der Waals surface area contributed by atoms with Crippen molar-refractivity contribution in [3.63, 3.8) is 0 Å². The minimum atomic E-state index is -0.314. The summed E-state index contributed by atoms with van der Waals surface area (Å²) in [5, 5.41) is 0. The number of rotatable bonds is 2. The fourth-order valence-corrected chi connectivity index (χ4v) is 4.60. The van der Waals surface area contributed by atoms with Crippen molar-refractivity contribution < 1.29 is 13.7 Å². The van der Waals surface area contributed by atoms with E-state index in [4.69, 9.17) is 0 Å². The number of carbonyl (C=O) groups is 1. The topological polar surface area (TPSA) is 20.3 Å². The number of halogens is 1. The third-order valence-electron chi connectivity index (χ3n) is 6.31. The summed E-state index contributed by atoms with van der Waals surface area (Å²) in [6.07, 6.45) is 0.996. The van der Waals surface area contributed by atoms with Crippen LogP contribution in [-0.2, 0) is 0 Å². The van der Waals surface area contributed by atoms with Crippen LogP contribution >= 0.6 is 0 Å². The molecule has 0 bridgehead atoms. The van der Waals surface area contributed by atoms with Crippen LogP contribution in [0.2, 0.25) is 0 Å². The molecular formula is C22H26FN2O+. The Bertz CT molecular complexity index is 848. The highest BCUT2D eigenvalue weighted by Crippen LogP contribution is 2.46. The lowest BCUT2D eigenvalue weighted by molar-refractivity contribution is -0.913. The zero-order chi connectivity index (χ0) is 18.5. The number of nitrogens with zero attached hydrogens (tertiary/aromatic N) is 2. The summed E-state index contributed by atoms with van der Waals surface area (Å²) in [5.41, 5.74) is 4.11. The lowest BCUT2D eigenvalue weighted by Gasteiger charge is -2.43. The molecule has 4 rings (SSSR count). The summed E-state index contributed by atoms with van der Waals surface area (Å²) in [7, 11) is 2.32. The Morgan fingerprint density at radius 3 is 2.65 bits per heavy atom. The van der Waals surface area contributed by atoms with Crippen LogP contribution in [0.15, 0.2) is 42.5 Å². The molecule has 0 N–H and O–H groups in total. The summed E-state index contributed by atoms with van der Waals surface area (Å²) in [4.78, 5) is 15.3. The summed E-state index contributed by atoms with van der Waals surface area (Å²) in [6, 6.07) is 12.5. The van der Waals surface area contributed by atoms with Crippen molar-refractivity contribution >= 4 is 11.6 Å². The number of aryl methyl sites for hydroxylation is 1. The van der Waals surface area contributed by atoms with Gasteiger partial charge in [0.1, 0.15) is 5.82 Å². The number of hydrogen-bond donors (Lipinski definition) is 0. The Morgan fingerprint density at radius 1 is 1.23 bits per heavy atom. The van der Waals surface area contributed by atoms with Gasteiger partial charge < -0.3 is 9.38 Å². The molecule has 0 spiro atoms. The molecular weight excluding hydrogens is 327 g/mol. The maximum Gasteiger partial charge on any atom is 0.258 e. The lowest BCUT2D eigenvalue weighted by Crippen LogP contribution is -2.56. The highest BCUT2D eigenvalue weighted by atomic mass is 19.1. The fourth-order valence-electron chi connectivity index (χ4n) is 4.60. The first-order valence-corrected chi connectivity index (χ1v) is 9.45. The zero-order valence-electron chi connectivity index (χ0n) is 15.7. The van der Waals surface area contributed by atoms with Crippen LogP contribution in [0.5, 0.6) is 0 Å². The smallest absolute Gasteiger partial charge is 0.258 e. The predicted octanol–water partition coefficient (Wildman–Crippen LogP) is 4.12. The van der Waals surface area contributed by atoms with Gasteiger partial charge in [0.05, 0.1) is 38.6 Å². The Morgan fingerprint density at radius 2 is 1.96 bits per heavy atom. The molecule has 2 heterocycles. The van der Waals surface area contributed by atoms with Gasteiger partial charge in [-0.05, 0) is 49.7 Å². The van der Waals surface area contributed by atoms with E-state index in [2.05, 4.69) is 39.1 Å². The SMILES string of the molecule is CC[N+]1(C)CC[C@H]2[C@@H](C1)c1cc(C)ccc1N2C(=O)c1ccc(F)cc1. The number of likely N-dealkylation sites (tertiary alicyclic amines) is 1. The summed E-state index contributed by atoms with van der Waals surface area (Å²) >= 11 is 0. The van der Waals surface area contributed by atoms with E-state index in [9.17, 15) is 9.18 Å². The first-order chi connectivity index (χ1) is 12.4. The van der Waals surface area contributed by atoms with E-state index in [0.29, 0.717) is 11.5 Å². The van der Waals surface area contributed by atoms with Crippen molar-refractivity contribution in [1.29, 1.82) is 0 Å². The third-order valence-corrected chi connectivity index (χ3v) is 6.31. The number of anilines is 1. The molecule has 0 radical (unpaired) electrons. The highest BCUT2D eigenvalue weighted by Gasteiger charge is 2.48. The molecule has 136 valence electrons. The average molecular weight is 353 g/mol. The number of piperidine rings is 1. The maximum absolute atomic E-state index is 13.3. The standard InChI is InChI=1S/C22H26FN2O/c1-4-25(3)12-11-21-19(14-25)18-13-15(2)5-10-20(18)24(21)22(26)16-6-8-17(23)9-7-16/h5-10,13,19,21H,4,11-12,14H2,1-3H3/q+1/t19-,21-,25?/m0/s1. The Labute approximate surface area is 154 Å². The minimum absolute atomic E-state index is 0.0183. The van der Waals surface area contributed by atoms with Crippen LogP contribution in [0.4, 0.5) is 10.1 Å². The lowest BCUT2D eigenvalue weighted by atomic mass is 9.87. The zero-order valence-corrected chi connectivity index (χ0v) is 15.7. The molecule has 2 aliphatic rings. The van der Waals surface area contributed by atoms with Crippen molar-refractivity contribution in [3.8, 4) is 0 Å². The number of fused-ring (bicyclic) bond motifs is 3. The number of benzene rings is 2. The van der Waals surface area contributed by atoms with Crippen LogP contribution < -0.4 is 4.90 Å². The molecule has 1 amide bonds. The summed E-state index contributed by atoms with van der Waals surface area (Å²) in [6.45, 7) is 7.60. The van der Waals surface area contributed by atoms with Gasteiger partial charge in [0.25, 0.3) is 5.91 Å². The normalized spacial score (nSPS) is 27.2. The van der Waals surface area contributed by atoms with Gasteiger partial charge in [-0.15, -0.1) is 0 Å². The first kappa shape index (κ1) is 17.2. The van der Waals surface area contributed by atoms with Gasteiger partial charge in [-0.1, -0.05) is 17.7 Å². The summed E-state index contributed by atoms with van der Waals surface area (Å²) < 4.78 is 14.3. The van der Waals surface area contributed by atoms with Gasteiger partial charge in [-0.3, -0.25) is 4.79 Å². The predicted molar refractivity (Wildman–Crippen MR) is 102 cm³/mol. The maximum atomic E-state index is 13.3. The molecule has 26 heavy (non-hydrogen) atoms. The highest BCUT2D eigenvalue weighted by molar-refractivity contribution is 6.08. The molecule has 3 nitrogen and oxygen atoms in total. The number of quaternary nitrogens is 1. The molecule has 2 aromatic carbocycles. The number of hydrogen-bond acceptors (Lipinski definition) is 1. The molecule has 1 unspecified atom stereocenters. The van der Waals surface area contributed by atoms with Crippen molar-refractivity contribution in [2.24, 2.45) is 0 Å². The Kier molecular flexibility index (Phi) is 4.11. The van der Waals surface area contributed by atoms with Crippen LogP contribution in [0.1, 0.15) is 40.7 Å². The second-order valence-electron chi connectivity index (χ2n) is 8.05. The second-order valence-corrected chi connectivity index (χ2v) is 8.05. The molecule has 3 atom stereocenters. The van der Waals surface area contributed by atoms with E-state index < -0.39 is 0 Å². The molecule has 4 heteroatoms. The third kappa shape index (κ3) is 2.73. The van der Waals surface area contributed by atoms with Gasteiger partial charge in [0.2, 0.25) is 0 Å². The molecule has 0 aromatic heterocycles. The molecule has 0 aliphatic carbocycles. The molecule has 2 aliphatic heterocycles. The van der Waals surface area contributed by atoms with Gasteiger partial charge in [0.15, 0.2) is 0 Å². The van der Waals surface area contributed by atoms with E-state index in [-0.39, 0.29) is 17.8 Å². The van der Waals surface area contributed by atoms with E-state index in [1.54, 1.807) is 12.1 Å². The van der Waals surface area contributed by atoms with Crippen LogP contribution in [-0.4, -0.2) is 43.1 Å². The Balaban J connectivity index is 1.76. The van der Waals surface area contributed by atoms with E-state index >= 15 is 0 Å². The van der Waals surface area contributed by atoms with Crippen molar-refractivity contribution in [2.45, 2.75) is 32.2 Å². The van der Waals surface area contributed by atoms with Crippen molar-refractivity contribution in [3.05, 3.63) is 65.0 Å². The summed E-state index contributed by atoms with van der Waals surface area (Å²) in [5.74, 6) is 0.0359. The Hall–Kier alpha value is -2.20. The van der Waals surface area contributed by atoms with Gasteiger partial charge in [-0.2, -0.15) is 0 Å². The molecule has 1 fully saturated rings. The quantitative estimate of drug-likeness (QED) is 0.744. The van der Waals surface area contributed by atoms with Crippen molar-refractivity contribution in [1.82, 2.24) is 0 Å². The van der Waals surface area contributed by atoms with E-state index in [1.807, 2.05) is 4.90 Å². The number of likely N-dealkylation sites (N-methyl/N-ethyl adjacent to an activating group) is 1. The molecule has 1 saturated heterocycles. The van der Waals surface area contributed by atoms with E-state index in [1.165, 1.54) is 23.3 Å². The molecule has 2 aromatic rings. The van der Waals surface area contributed by atoms with Gasteiger partial charge >= 0.3 is 0 Å². The average Bonchev–Trinajstić information content (AvgIpc) is 2.94. The fraction of sp³-hybridized carbons (Fsp3) is 0.409. The van der Waals surface area contributed by atoms with Crippen LogP contribution in [0.3, 0.4) is 0 Å². The first-order valence-electron chi connectivity index (χ1n) is 9.45. The van der Waals surface area contributed by atoms with Gasteiger partial charge in [-0.25, -0.2) is 4.39 Å². The van der Waals surface area contributed by atoms with Crippen LogP contribution in [0.25, 0.3) is 0 Å². The minimum Gasteiger partial charge on any atom is -0.326 e.